The third-order valence-electron chi connectivity index (χ3n) is 3.29. The van der Waals surface area contributed by atoms with E-state index < -0.39 is 40.4 Å². The van der Waals surface area contributed by atoms with Crippen molar-refractivity contribution < 1.29 is 27.9 Å². The molecule has 1 aliphatic rings. The number of nitrogens with one attached hydrogen (secondary N) is 1. The van der Waals surface area contributed by atoms with Crippen LogP contribution in [0.3, 0.4) is 0 Å². The molecule has 0 heterocycles. The van der Waals surface area contributed by atoms with Crippen molar-refractivity contribution in [1.29, 1.82) is 0 Å². The van der Waals surface area contributed by atoms with Gasteiger partial charge in [-0.2, -0.15) is 0 Å². The number of carboxylic acid groups (broad SMARTS) is 1. The minimum absolute atomic E-state index is 0.119. The first-order valence-corrected chi connectivity index (χ1v) is 5.56. The van der Waals surface area contributed by atoms with Crippen LogP contribution in [0.5, 0.6) is 0 Å². The lowest BCUT2D eigenvalue weighted by Gasteiger charge is -2.35. The Kier molecular flexibility index (Phi) is 3.21. The number of hydrogen-bond donors (Lipinski definition) is 2. The third kappa shape index (κ3) is 2.16. The summed E-state index contributed by atoms with van der Waals surface area (Å²) in [5.74, 6) is -6.22. The van der Waals surface area contributed by atoms with Crippen LogP contribution in [0, 0.1) is 22.9 Å². The van der Waals surface area contributed by atoms with Crippen molar-refractivity contribution in [2.75, 3.05) is 5.32 Å². The van der Waals surface area contributed by atoms with Crippen LogP contribution in [-0.4, -0.2) is 17.0 Å². The smallest absolute Gasteiger partial charge is 0.319 e. The van der Waals surface area contributed by atoms with Crippen LogP contribution in [0.1, 0.15) is 19.3 Å². The fourth-order valence-electron chi connectivity index (χ4n) is 1.96. The van der Waals surface area contributed by atoms with E-state index in [1.807, 2.05) is 5.32 Å². The Labute approximate surface area is 106 Å². The number of aliphatic carboxylic acids is 1. The molecule has 4 nitrogen and oxygen atoms in total. The molecular formula is C12H10F3NO3. The molecule has 1 aromatic rings. The van der Waals surface area contributed by atoms with Crippen molar-refractivity contribution in [2.24, 2.45) is 5.41 Å². The van der Waals surface area contributed by atoms with Gasteiger partial charge in [0.2, 0.25) is 5.91 Å². The van der Waals surface area contributed by atoms with Gasteiger partial charge in [-0.15, -0.1) is 0 Å². The molecule has 7 heteroatoms. The number of carbonyl (C=O) groups is 2. The Morgan fingerprint density at radius 3 is 2.32 bits per heavy atom. The number of amides is 1. The molecule has 2 N–H and O–H groups in total. The number of rotatable bonds is 3. The van der Waals surface area contributed by atoms with Crippen LogP contribution in [0.4, 0.5) is 18.9 Å². The zero-order chi connectivity index (χ0) is 14.2. The van der Waals surface area contributed by atoms with Crippen molar-refractivity contribution in [3.05, 3.63) is 29.6 Å². The summed E-state index contributed by atoms with van der Waals surface area (Å²) < 4.78 is 39.2. The SMILES string of the molecule is O=C(O)C1(C(=O)Nc2cc(F)cc(F)c2F)CCC1. The molecule has 0 spiro atoms. The first-order chi connectivity index (χ1) is 8.86. The second-order valence-corrected chi connectivity index (χ2v) is 4.44. The fraction of sp³-hybridized carbons (Fsp3) is 0.333. The summed E-state index contributed by atoms with van der Waals surface area (Å²) in [6.07, 6.45) is 0.793. The Bertz CT molecular complexity index is 555. The van der Waals surface area contributed by atoms with E-state index in [0.29, 0.717) is 18.6 Å². The summed E-state index contributed by atoms with van der Waals surface area (Å²) in [4.78, 5) is 22.9. The van der Waals surface area contributed by atoms with E-state index in [-0.39, 0.29) is 12.8 Å². The van der Waals surface area contributed by atoms with Crippen LogP contribution in [0.15, 0.2) is 12.1 Å². The molecule has 0 aromatic heterocycles. The molecular weight excluding hydrogens is 263 g/mol. The molecule has 1 saturated carbocycles. The molecule has 19 heavy (non-hydrogen) atoms. The maximum Gasteiger partial charge on any atom is 0.319 e. The number of hydrogen-bond acceptors (Lipinski definition) is 2. The molecule has 0 aliphatic heterocycles. The molecule has 0 radical (unpaired) electrons. The Morgan fingerprint density at radius 2 is 1.84 bits per heavy atom. The van der Waals surface area contributed by atoms with Crippen molar-refractivity contribution in [2.45, 2.75) is 19.3 Å². The molecule has 0 unspecified atom stereocenters. The summed E-state index contributed by atoms with van der Waals surface area (Å²) in [7, 11) is 0. The largest absolute Gasteiger partial charge is 0.480 e. The molecule has 1 amide bonds. The highest BCUT2D eigenvalue weighted by atomic mass is 19.2. The number of carboxylic acids is 1. The quantitative estimate of drug-likeness (QED) is 0.656. The van der Waals surface area contributed by atoms with E-state index in [4.69, 9.17) is 5.11 Å². The fourth-order valence-corrected chi connectivity index (χ4v) is 1.96. The highest BCUT2D eigenvalue weighted by Crippen LogP contribution is 2.42. The summed E-state index contributed by atoms with van der Waals surface area (Å²) >= 11 is 0. The Balaban J connectivity index is 2.27. The van der Waals surface area contributed by atoms with Gasteiger partial charge < -0.3 is 10.4 Å². The minimum Gasteiger partial charge on any atom is -0.480 e. The van der Waals surface area contributed by atoms with Gasteiger partial charge in [0, 0.05) is 12.1 Å². The molecule has 2 rings (SSSR count). The molecule has 1 aromatic carbocycles. The second kappa shape index (κ2) is 4.56. The average molecular weight is 273 g/mol. The van der Waals surface area contributed by atoms with E-state index in [1.165, 1.54) is 0 Å². The molecule has 1 aliphatic carbocycles. The average Bonchev–Trinajstić information content (AvgIpc) is 2.22. The normalized spacial score (nSPS) is 16.6. The van der Waals surface area contributed by atoms with Gasteiger partial charge in [-0.3, -0.25) is 9.59 Å². The lowest BCUT2D eigenvalue weighted by Crippen LogP contribution is -2.48. The minimum atomic E-state index is -1.63. The highest BCUT2D eigenvalue weighted by Gasteiger charge is 2.51. The summed E-state index contributed by atoms with van der Waals surface area (Å²) in [5.41, 5.74) is -2.33. The number of carbonyl (C=O) groups excluding carboxylic acids is 1. The van der Waals surface area contributed by atoms with Crippen LogP contribution >= 0.6 is 0 Å². The van der Waals surface area contributed by atoms with Gasteiger partial charge in [0.15, 0.2) is 11.6 Å². The Hall–Kier alpha value is -2.05. The van der Waals surface area contributed by atoms with Crippen LogP contribution in [0.25, 0.3) is 0 Å². The van der Waals surface area contributed by atoms with Crippen LogP contribution in [0.2, 0.25) is 0 Å². The van der Waals surface area contributed by atoms with E-state index in [9.17, 15) is 22.8 Å². The number of halogens is 3. The highest BCUT2D eigenvalue weighted by molar-refractivity contribution is 6.09. The summed E-state index contributed by atoms with van der Waals surface area (Å²) in [5, 5.41) is 10.9. The van der Waals surface area contributed by atoms with Gasteiger partial charge >= 0.3 is 5.97 Å². The molecule has 102 valence electrons. The predicted octanol–water partition coefficient (Wildman–Crippen LogP) is 2.30. The molecule has 0 atom stereocenters. The third-order valence-corrected chi connectivity index (χ3v) is 3.29. The van der Waals surface area contributed by atoms with Crippen molar-refractivity contribution >= 4 is 17.6 Å². The first kappa shape index (κ1) is 13.4. The van der Waals surface area contributed by atoms with Crippen LogP contribution in [-0.2, 0) is 9.59 Å². The van der Waals surface area contributed by atoms with E-state index in [1.54, 1.807) is 0 Å². The van der Waals surface area contributed by atoms with Crippen molar-refractivity contribution in [3.8, 4) is 0 Å². The van der Waals surface area contributed by atoms with Crippen LogP contribution < -0.4 is 5.32 Å². The van der Waals surface area contributed by atoms with Gasteiger partial charge in [0.05, 0.1) is 5.69 Å². The number of benzene rings is 1. The van der Waals surface area contributed by atoms with Crippen molar-refractivity contribution in [1.82, 2.24) is 0 Å². The Morgan fingerprint density at radius 1 is 1.21 bits per heavy atom. The zero-order valence-electron chi connectivity index (χ0n) is 9.67. The summed E-state index contributed by atoms with van der Waals surface area (Å²) in [6.45, 7) is 0. The standard InChI is InChI=1S/C12H10F3NO3/c13-6-4-7(14)9(15)8(5-6)16-10(17)12(11(18)19)2-1-3-12/h4-5H,1-3H2,(H,16,17)(H,18,19). The molecule has 0 bridgehead atoms. The number of anilines is 1. The van der Waals surface area contributed by atoms with Gasteiger partial charge in [-0.1, -0.05) is 6.42 Å². The van der Waals surface area contributed by atoms with E-state index >= 15 is 0 Å². The second-order valence-electron chi connectivity index (χ2n) is 4.44. The van der Waals surface area contributed by atoms with E-state index in [2.05, 4.69) is 0 Å². The predicted molar refractivity (Wildman–Crippen MR) is 58.9 cm³/mol. The topological polar surface area (TPSA) is 66.4 Å². The lowest BCUT2D eigenvalue weighted by atomic mass is 9.68. The van der Waals surface area contributed by atoms with Gasteiger partial charge in [0.1, 0.15) is 11.2 Å². The van der Waals surface area contributed by atoms with Gasteiger partial charge in [0.25, 0.3) is 0 Å². The monoisotopic (exact) mass is 273 g/mol. The van der Waals surface area contributed by atoms with Crippen molar-refractivity contribution in [3.63, 3.8) is 0 Å². The summed E-state index contributed by atoms with van der Waals surface area (Å²) in [6, 6.07) is 0.936. The molecule has 1 fully saturated rings. The zero-order valence-corrected chi connectivity index (χ0v) is 9.67. The van der Waals surface area contributed by atoms with Gasteiger partial charge in [-0.25, -0.2) is 13.2 Å². The first-order valence-electron chi connectivity index (χ1n) is 5.56. The molecule has 0 saturated heterocycles. The maximum absolute atomic E-state index is 13.3. The van der Waals surface area contributed by atoms with E-state index in [0.717, 1.165) is 0 Å². The lowest BCUT2D eigenvalue weighted by molar-refractivity contribution is -0.159. The maximum atomic E-state index is 13.3. The van der Waals surface area contributed by atoms with Gasteiger partial charge in [-0.05, 0) is 12.8 Å².